The van der Waals surface area contributed by atoms with Crippen molar-refractivity contribution in [1.82, 2.24) is 0 Å². The van der Waals surface area contributed by atoms with Crippen LogP contribution in [0.25, 0.3) is 0 Å². The molecule has 0 aliphatic rings. The van der Waals surface area contributed by atoms with E-state index in [1.165, 1.54) is 0 Å². The fourth-order valence-electron chi connectivity index (χ4n) is 1.39. The number of ketones is 1. The molecule has 0 N–H and O–H groups in total. The van der Waals surface area contributed by atoms with Crippen molar-refractivity contribution in [2.75, 3.05) is 18.5 Å². The minimum absolute atomic E-state index is 0.0199. The summed E-state index contributed by atoms with van der Waals surface area (Å²) in [7, 11) is 0. The Balaban J connectivity index is 2.50. The largest absolute Gasteiger partial charge is 0.493 e. The molecule has 5 heteroatoms. The van der Waals surface area contributed by atoms with Crippen LogP contribution in [0.15, 0.2) is 24.3 Å². The highest BCUT2D eigenvalue weighted by Gasteiger charge is 2.14. The first-order valence-corrected chi connectivity index (χ1v) is 7.19. The molecule has 0 aliphatic carbocycles. The number of hydrogen-bond donors (Lipinski definition) is 0. The lowest BCUT2D eigenvalue weighted by Crippen LogP contribution is -2.21. The van der Waals surface area contributed by atoms with Gasteiger partial charge in [0.15, 0.2) is 5.78 Å². The van der Waals surface area contributed by atoms with Gasteiger partial charge in [0, 0.05) is 5.56 Å². The molecule has 1 aromatic carbocycles. The van der Waals surface area contributed by atoms with Crippen LogP contribution >= 0.6 is 15.9 Å². The van der Waals surface area contributed by atoms with Crippen molar-refractivity contribution in [2.24, 2.45) is 5.92 Å². The Labute approximate surface area is 121 Å². The highest BCUT2D eigenvalue weighted by atomic mass is 79.9. The molecule has 1 unspecified atom stereocenters. The first-order valence-electron chi connectivity index (χ1n) is 6.07. The lowest BCUT2D eigenvalue weighted by molar-refractivity contribution is -0.148. The molecule has 0 saturated heterocycles. The summed E-state index contributed by atoms with van der Waals surface area (Å²) < 4.78 is 10.4. The van der Waals surface area contributed by atoms with Crippen LogP contribution in [0.2, 0.25) is 0 Å². The number of ether oxygens (including phenoxy) is 2. The molecule has 0 heterocycles. The summed E-state index contributed by atoms with van der Waals surface area (Å²) in [5.41, 5.74) is 0.627. The maximum absolute atomic E-state index is 11.4. The van der Waals surface area contributed by atoms with Crippen molar-refractivity contribution >= 4 is 27.7 Å². The van der Waals surface area contributed by atoms with Crippen LogP contribution in [-0.2, 0) is 9.53 Å². The fraction of sp³-hybridized carbons (Fsp3) is 0.429. The fourth-order valence-corrected chi connectivity index (χ4v) is 1.71. The normalized spacial score (nSPS) is 11.7. The van der Waals surface area contributed by atoms with Gasteiger partial charge in [-0.1, -0.05) is 15.9 Å². The van der Waals surface area contributed by atoms with Crippen molar-refractivity contribution in [1.29, 1.82) is 0 Å². The summed E-state index contributed by atoms with van der Waals surface area (Å²) in [6.45, 7) is 4.14. The number of Topliss-reactive ketones (excluding diaryl/α,β-unsaturated/α-hetero) is 1. The molecule has 0 amide bonds. The van der Waals surface area contributed by atoms with Crippen molar-refractivity contribution < 1.29 is 19.1 Å². The minimum Gasteiger partial charge on any atom is -0.493 e. The first-order chi connectivity index (χ1) is 9.08. The number of carbonyl (C=O) groups excluding carboxylic acids is 2. The summed E-state index contributed by atoms with van der Waals surface area (Å²) in [4.78, 5) is 22.8. The van der Waals surface area contributed by atoms with E-state index in [1.54, 1.807) is 38.1 Å². The smallest absolute Gasteiger partial charge is 0.312 e. The van der Waals surface area contributed by atoms with E-state index in [-0.39, 0.29) is 24.3 Å². The summed E-state index contributed by atoms with van der Waals surface area (Å²) in [6.07, 6.45) is 0. The summed E-state index contributed by atoms with van der Waals surface area (Å²) in [6, 6.07) is 6.84. The molecule has 0 saturated carbocycles. The van der Waals surface area contributed by atoms with Crippen LogP contribution in [0, 0.1) is 5.92 Å². The van der Waals surface area contributed by atoms with Crippen LogP contribution in [0.4, 0.5) is 0 Å². The molecule has 1 atom stereocenters. The van der Waals surface area contributed by atoms with E-state index in [9.17, 15) is 9.59 Å². The first kappa shape index (κ1) is 15.7. The molecule has 0 aliphatic heterocycles. The van der Waals surface area contributed by atoms with Gasteiger partial charge in [0.05, 0.1) is 17.9 Å². The van der Waals surface area contributed by atoms with Gasteiger partial charge in [-0.25, -0.2) is 0 Å². The third-order valence-corrected chi connectivity index (χ3v) is 3.00. The lowest BCUT2D eigenvalue weighted by atomic mass is 10.1. The predicted octanol–water partition coefficient (Wildman–Crippen LogP) is 2.84. The Hall–Kier alpha value is -1.36. The van der Waals surface area contributed by atoms with Gasteiger partial charge in [0.1, 0.15) is 12.4 Å². The standard InChI is InChI=1S/C14H17BrO4/c1-3-18-14(17)10(2)9-19-12-6-4-11(5-7-12)13(16)8-15/h4-7,10H,3,8-9H2,1-2H3. The van der Waals surface area contributed by atoms with E-state index in [4.69, 9.17) is 9.47 Å². The average Bonchev–Trinajstić information content (AvgIpc) is 2.44. The van der Waals surface area contributed by atoms with Crippen molar-refractivity contribution in [3.8, 4) is 5.75 Å². The quantitative estimate of drug-likeness (QED) is 0.438. The number of alkyl halides is 1. The average molecular weight is 329 g/mol. The molecule has 19 heavy (non-hydrogen) atoms. The monoisotopic (exact) mass is 328 g/mol. The molecule has 1 aromatic rings. The number of carbonyl (C=O) groups is 2. The van der Waals surface area contributed by atoms with Gasteiger partial charge in [0.25, 0.3) is 0 Å². The summed E-state index contributed by atoms with van der Waals surface area (Å²) in [5.74, 6) is 0.0612. The van der Waals surface area contributed by atoms with Gasteiger partial charge < -0.3 is 9.47 Å². The second-order valence-electron chi connectivity index (χ2n) is 4.05. The Morgan fingerprint density at radius 3 is 2.42 bits per heavy atom. The molecule has 0 radical (unpaired) electrons. The van der Waals surface area contributed by atoms with Gasteiger partial charge in [-0.3, -0.25) is 9.59 Å². The highest BCUT2D eigenvalue weighted by Crippen LogP contribution is 2.14. The third kappa shape index (κ3) is 5.03. The van der Waals surface area contributed by atoms with Gasteiger partial charge in [-0.2, -0.15) is 0 Å². The number of halogens is 1. The van der Waals surface area contributed by atoms with E-state index in [0.29, 0.717) is 23.2 Å². The van der Waals surface area contributed by atoms with E-state index in [0.717, 1.165) is 0 Å². The zero-order valence-corrected chi connectivity index (χ0v) is 12.6. The Kier molecular flexibility index (Phi) is 6.56. The summed E-state index contributed by atoms with van der Waals surface area (Å²) in [5, 5.41) is 0.299. The molecule has 0 spiro atoms. The Morgan fingerprint density at radius 1 is 1.26 bits per heavy atom. The maximum Gasteiger partial charge on any atom is 0.312 e. The van der Waals surface area contributed by atoms with Crippen LogP contribution < -0.4 is 4.74 Å². The second kappa shape index (κ2) is 7.94. The van der Waals surface area contributed by atoms with E-state index >= 15 is 0 Å². The van der Waals surface area contributed by atoms with E-state index in [2.05, 4.69) is 15.9 Å². The topological polar surface area (TPSA) is 52.6 Å². The van der Waals surface area contributed by atoms with Crippen molar-refractivity contribution in [3.05, 3.63) is 29.8 Å². The third-order valence-electron chi connectivity index (χ3n) is 2.49. The molecule has 104 valence electrons. The van der Waals surface area contributed by atoms with Crippen LogP contribution in [0.5, 0.6) is 5.75 Å². The number of rotatable bonds is 7. The molecular formula is C14H17BrO4. The molecule has 0 bridgehead atoms. The van der Waals surface area contributed by atoms with Crippen LogP contribution in [0.1, 0.15) is 24.2 Å². The second-order valence-corrected chi connectivity index (χ2v) is 4.61. The zero-order valence-electron chi connectivity index (χ0n) is 11.0. The molecule has 0 aromatic heterocycles. The number of benzene rings is 1. The van der Waals surface area contributed by atoms with Gasteiger partial charge in [0.2, 0.25) is 0 Å². The predicted molar refractivity (Wildman–Crippen MR) is 75.9 cm³/mol. The van der Waals surface area contributed by atoms with Crippen molar-refractivity contribution in [2.45, 2.75) is 13.8 Å². The van der Waals surface area contributed by atoms with Gasteiger partial charge >= 0.3 is 5.97 Å². The van der Waals surface area contributed by atoms with E-state index < -0.39 is 0 Å². The molecule has 1 rings (SSSR count). The van der Waals surface area contributed by atoms with E-state index in [1.807, 2.05) is 0 Å². The Morgan fingerprint density at radius 2 is 1.89 bits per heavy atom. The van der Waals surface area contributed by atoms with Gasteiger partial charge in [-0.05, 0) is 38.1 Å². The molecule has 0 fully saturated rings. The number of esters is 1. The summed E-state index contributed by atoms with van der Waals surface area (Å²) >= 11 is 3.12. The molecule has 4 nitrogen and oxygen atoms in total. The zero-order chi connectivity index (χ0) is 14.3. The Bertz CT molecular complexity index is 428. The molecular weight excluding hydrogens is 312 g/mol. The van der Waals surface area contributed by atoms with Gasteiger partial charge in [-0.15, -0.1) is 0 Å². The number of hydrogen-bond acceptors (Lipinski definition) is 4. The minimum atomic E-state index is -0.316. The maximum atomic E-state index is 11.4. The SMILES string of the molecule is CCOC(=O)C(C)COc1ccc(C(=O)CBr)cc1. The van der Waals surface area contributed by atoms with Crippen LogP contribution in [0.3, 0.4) is 0 Å². The lowest BCUT2D eigenvalue weighted by Gasteiger charge is -2.12. The van der Waals surface area contributed by atoms with Crippen molar-refractivity contribution in [3.63, 3.8) is 0 Å². The highest BCUT2D eigenvalue weighted by molar-refractivity contribution is 9.09. The van der Waals surface area contributed by atoms with Crippen LogP contribution in [-0.4, -0.2) is 30.3 Å².